The van der Waals surface area contributed by atoms with Crippen LogP contribution < -0.4 is 11.1 Å². The van der Waals surface area contributed by atoms with Crippen molar-refractivity contribution in [1.29, 1.82) is 0 Å². The summed E-state index contributed by atoms with van der Waals surface area (Å²) in [4.78, 5) is 12.0. The van der Waals surface area contributed by atoms with E-state index in [1.54, 1.807) is 0 Å². The van der Waals surface area contributed by atoms with Gasteiger partial charge < -0.3 is 11.1 Å². The minimum absolute atomic E-state index is 0.0375. The van der Waals surface area contributed by atoms with Gasteiger partial charge in [-0.05, 0) is 43.5 Å². The first kappa shape index (κ1) is 13.3. The van der Waals surface area contributed by atoms with Crippen LogP contribution in [-0.2, 0) is 0 Å². The Morgan fingerprint density at radius 3 is 2.94 bits per heavy atom. The van der Waals surface area contributed by atoms with Crippen molar-refractivity contribution < 1.29 is 9.18 Å². The molecule has 1 aromatic rings. The van der Waals surface area contributed by atoms with Crippen molar-refractivity contribution in [2.75, 3.05) is 6.54 Å². The Bertz CT molecular complexity index is 453. The molecule has 3 N–H and O–H groups in total. The molecule has 1 aliphatic carbocycles. The first-order valence-electron chi connectivity index (χ1n) is 6.08. The summed E-state index contributed by atoms with van der Waals surface area (Å²) in [6.07, 6.45) is 3.07. The zero-order valence-corrected chi connectivity index (χ0v) is 10.7. The van der Waals surface area contributed by atoms with Gasteiger partial charge in [0.1, 0.15) is 5.82 Å². The molecule has 2 atom stereocenters. The van der Waals surface area contributed by atoms with Gasteiger partial charge in [0.25, 0.3) is 5.91 Å². The summed E-state index contributed by atoms with van der Waals surface area (Å²) < 4.78 is 13.0. The summed E-state index contributed by atoms with van der Waals surface area (Å²) in [5.41, 5.74) is 6.04. The number of rotatable bonds is 3. The van der Waals surface area contributed by atoms with Gasteiger partial charge in [-0.3, -0.25) is 4.79 Å². The number of hydrogen-bond acceptors (Lipinski definition) is 2. The largest absolute Gasteiger partial charge is 0.349 e. The Morgan fingerprint density at radius 2 is 2.28 bits per heavy atom. The third-order valence-electron chi connectivity index (χ3n) is 3.46. The number of nitrogens with two attached hydrogens (primary N) is 1. The third-order valence-corrected chi connectivity index (χ3v) is 3.75. The Kier molecular flexibility index (Phi) is 4.19. The summed E-state index contributed by atoms with van der Waals surface area (Å²) in [6, 6.07) is 4.10. The van der Waals surface area contributed by atoms with Crippen molar-refractivity contribution in [1.82, 2.24) is 5.32 Å². The van der Waals surface area contributed by atoms with Crippen LogP contribution in [0.1, 0.15) is 29.6 Å². The maximum atomic E-state index is 13.0. The normalized spacial score (nSPS) is 23.1. The van der Waals surface area contributed by atoms with Gasteiger partial charge in [-0.15, -0.1) is 0 Å². The van der Waals surface area contributed by atoms with E-state index in [1.807, 2.05) is 0 Å². The fourth-order valence-electron chi connectivity index (χ4n) is 2.40. The summed E-state index contributed by atoms with van der Waals surface area (Å²) in [6.45, 7) is 0.578. The molecule has 98 valence electrons. The monoisotopic (exact) mass is 270 g/mol. The summed E-state index contributed by atoms with van der Waals surface area (Å²) in [7, 11) is 0. The lowest BCUT2D eigenvalue weighted by Crippen LogP contribution is -2.39. The molecule has 0 radical (unpaired) electrons. The van der Waals surface area contributed by atoms with Crippen LogP contribution in [0, 0.1) is 11.7 Å². The first-order valence-corrected chi connectivity index (χ1v) is 6.45. The molecule has 1 saturated carbocycles. The minimum atomic E-state index is -0.520. The molecule has 0 aromatic heterocycles. The van der Waals surface area contributed by atoms with E-state index in [9.17, 15) is 9.18 Å². The van der Waals surface area contributed by atoms with Crippen LogP contribution in [-0.4, -0.2) is 18.5 Å². The molecule has 1 fully saturated rings. The van der Waals surface area contributed by atoms with Gasteiger partial charge in [-0.1, -0.05) is 18.0 Å². The van der Waals surface area contributed by atoms with Gasteiger partial charge in [0.2, 0.25) is 0 Å². The fourth-order valence-corrected chi connectivity index (χ4v) is 2.58. The summed E-state index contributed by atoms with van der Waals surface area (Å²) >= 11 is 5.66. The van der Waals surface area contributed by atoms with Gasteiger partial charge in [-0.25, -0.2) is 4.39 Å². The molecule has 0 bridgehead atoms. The number of halogens is 2. The molecule has 0 heterocycles. The molecule has 0 saturated heterocycles. The van der Waals surface area contributed by atoms with Crippen molar-refractivity contribution in [3.63, 3.8) is 0 Å². The lowest BCUT2D eigenvalue weighted by Gasteiger charge is -2.19. The molecular formula is C13H16ClFN2O. The van der Waals surface area contributed by atoms with Gasteiger partial charge >= 0.3 is 0 Å². The molecule has 2 unspecified atom stereocenters. The van der Waals surface area contributed by atoms with E-state index in [4.69, 9.17) is 17.3 Å². The van der Waals surface area contributed by atoms with Gasteiger partial charge in [-0.2, -0.15) is 0 Å². The molecule has 2 rings (SSSR count). The van der Waals surface area contributed by atoms with E-state index in [1.165, 1.54) is 18.2 Å². The predicted octanol–water partition coefficient (Wildman–Crippen LogP) is 2.34. The van der Waals surface area contributed by atoms with Gasteiger partial charge in [0.15, 0.2) is 0 Å². The van der Waals surface area contributed by atoms with Gasteiger partial charge in [0.05, 0.1) is 5.02 Å². The lowest BCUT2D eigenvalue weighted by atomic mass is 10.0. The van der Waals surface area contributed by atoms with Crippen LogP contribution in [0.3, 0.4) is 0 Å². The van der Waals surface area contributed by atoms with E-state index in [2.05, 4.69) is 5.32 Å². The van der Waals surface area contributed by atoms with Crippen LogP contribution in [0.4, 0.5) is 4.39 Å². The van der Waals surface area contributed by atoms with Crippen LogP contribution in [0.2, 0.25) is 5.02 Å². The van der Waals surface area contributed by atoms with Gasteiger partial charge in [0, 0.05) is 11.6 Å². The maximum absolute atomic E-state index is 13.0. The van der Waals surface area contributed by atoms with Crippen molar-refractivity contribution in [2.24, 2.45) is 11.7 Å². The number of amides is 1. The van der Waals surface area contributed by atoms with E-state index in [-0.39, 0.29) is 17.0 Å². The van der Waals surface area contributed by atoms with E-state index < -0.39 is 5.82 Å². The number of carbonyl (C=O) groups excluding carboxylic acids is 1. The molecular weight excluding hydrogens is 255 g/mol. The topological polar surface area (TPSA) is 55.1 Å². The molecule has 3 nitrogen and oxygen atoms in total. The number of hydrogen-bond donors (Lipinski definition) is 2. The maximum Gasteiger partial charge on any atom is 0.251 e. The summed E-state index contributed by atoms with van der Waals surface area (Å²) in [5, 5.41) is 2.91. The fraction of sp³-hybridized carbons (Fsp3) is 0.462. The SMILES string of the molecule is NCC1CCCC1NC(=O)c1ccc(F)c(Cl)c1. The number of benzene rings is 1. The second kappa shape index (κ2) is 5.67. The Balaban J connectivity index is 2.05. The molecule has 0 aliphatic heterocycles. The average Bonchev–Trinajstić information content (AvgIpc) is 2.79. The van der Waals surface area contributed by atoms with Crippen LogP contribution in [0.25, 0.3) is 0 Å². The quantitative estimate of drug-likeness (QED) is 0.886. The molecule has 1 amide bonds. The van der Waals surface area contributed by atoms with Crippen molar-refractivity contribution in [3.05, 3.63) is 34.6 Å². The first-order chi connectivity index (χ1) is 8.61. The molecule has 5 heteroatoms. The molecule has 1 aliphatic rings. The number of nitrogens with one attached hydrogen (secondary N) is 1. The van der Waals surface area contributed by atoms with E-state index in [0.717, 1.165) is 19.3 Å². The Morgan fingerprint density at radius 1 is 1.50 bits per heavy atom. The summed E-state index contributed by atoms with van der Waals surface area (Å²) in [5.74, 6) is -0.402. The zero-order chi connectivity index (χ0) is 13.1. The highest BCUT2D eigenvalue weighted by molar-refractivity contribution is 6.31. The Hall–Kier alpha value is -1.13. The second-order valence-electron chi connectivity index (χ2n) is 4.64. The minimum Gasteiger partial charge on any atom is -0.349 e. The van der Waals surface area contributed by atoms with Crippen LogP contribution in [0.5, 0.6) is 0 Å². The van der Waals surface area contributed by atoms with Crippen molar-refractivity contribution in [2.45, 2.75) is 25.3 Å². The van der Waals surface area contributed by atoms with Crippen LogP contribution >= 0.6 is 11.6 Å². The standard InChI is InChI=1S/C13H16ClFN2O/c14-10-6-8(4-5-11(10)15)13(18)17-12-3-1-2-9(12)7-16/h4-6,9,12H,1-3,7,16H2,(H,17,18). The van der Waals surface area contributed by atoms with Crippen molar-refractivity contribution in [3.8, 4) is 0 Å². The Labute approximate surface area is 111 Å². The zero-order valence-electron chi connectivity index (χ0n) is 9.96. The smallest absolute Gasteiger partial charge is 0.251 e. The second-order valence-corrected chi connectivity index (χ2v) is 5.04. The highest BCUT2D eigenvalue weighted by Crippen LogP contribution is 2.25. The predicted molar refractivity (Wildman–Crippen MR) is 69.1 cm³/mol. The van der Waals surface area contributed by atoms with Crippen LogP contribution in [0.15, 0.2) is 18.2 Å². The number of carbonyl (C=O) groups is 1. The third kappa shape index (κ3) is 2.82. The molecule has 1 aromatic carbocycles. The highest BCUT2D eigenvalue weighted by Gasteiger charge is 2.27. The lowest BCUT2D eigenvalue weighted by molar-refractivity contribution is 0.0928. The van der Waals surface area contributed by atoms with E-state index in [0.29, 0.717) is 18.0 Å². The molecule has 18 heavy (non-hydrogen) atoms. The molecule has 0 spiro atoms. The highest BCUT2D eigenvalue weighted by atomic mass is 35.5. The van der Waals surface area contributed by atoms with E-state index >= 15 is 0 Å². The van der Waals surface area contributed by atoms with Crippen molar-refractivity contribution >= 4 is 17.5 Å². The average molecular weight is 271 g/mol.